The fourth-order valence-corrected chi connectivity index (χ4v) is 2.19. The maximum atomic E-state index is 12.2. The smallest absolute Gasteiger partial charge is 0.248 e. The van der Waals surface area contributed by atoms with Gasteiger partial charge in [0.15, 0.2) is 11.6 Å². The van der Waals surface area contributed by atoms with E-state index in [0.717, 1.165) is 25.7 Å². The largest absolute Gasteiger partial charge is 0.339 e. The van der Waals surface area contributed by atoms with E-state index in [1.54, 1.807) is 25.7 Å². The Kier molecular flexibility index (Phi) is 10.6. The first-order valence-corrected chi connectivity index (χ1v) is 8.49. The van der Waals surface area contributed by atoms with Crippen LogP contribution in [0, 0.1) is 0 Å². The van der Waals surface area contributed by atoms with Crippen molar-refractivity contribution in [3.8, 4) is 0 Å². The molecule has 0 heterocycles. The molecule has 4 nitrogen and oxygen atoms in total. The molecule has 0 aromatic heterocycles. The number of hydrogen-bond donors (Lipinski definition) is 0. The molecule has 0 saturated heterocycles. The number of hydrogen-bond acceptors (Lipinski definition) is 3. The molecular formula is C20H31NO3. The Morgan fingerprint density at radius 3 is 1.33 bits per heavy atom. The SMILES string of the molecule is C=C(C)C(=O)CCCCN(CCCCC(=O)C(=C)C)C(=O)C(=C)C. The van der Waals surface area contributed by atoms with Gasteiger partial charge in [-0.15, -0.1) is 0 Å². The number of carbonyl (C=O) groups excluding carboxylic acids is 3. The molecule has 0 radical (unpaired) electrons. The highest BCUT2D eigenvalue weighted by Gasteiger charge is 2.14. The second-order valence-electron chi connectivity index (χ2n) is 6.39. The Morgan fingerprint density at radius 2 is 1.04 bits per heavy atom. The van der Waals surface area contributed by atoms with Crippen LogP contribution in [0.25, 0.3) is 0 Å². The number of amides is 1. The third kappa shape index (κ3) is 9.23. The predicted molar refractivity (Wildman–Crippen MR) is 98.7 cm³/mol. The maximum absolute atomic E-state index is 12.2. The van der Waals surface area contributed by atoms with Gasteiger partial charge >= 0.3 is 0 Å². The molecule has 4 heteroatoms. The van der Waals surface area contributed by atoms with Gasteiger partial charge in [0.1, 0.15) is 0 Å². The second kappa shape index (κ2) is 11.5. The number of allylic oxidation sites excluding steroid dienone is 2. The molecular weight excluding hydrogens is 302 g/mol. The van der Waals surface area contributed by atoms with E-state index in [2.05, 4.69) is 19.7 Å². The van der Waals surface area contributed by atoms with Gasteiger partial charge in [0.2, 0.25) is 5.91 Å². The van der Waals surface area contributed by atoms with Gasteiger partial charge in [-0.1, -0.05) is 19.7 Å². The zero-order chi connectivity index (χ0) is 18.7. The molecule has 0 aromatic carbocycles. The molecule has 0 aromatic rings. The van der Waals surface area contributed by atoms with Crippen molar-refractivity contribution in [1.82, 2.24) is 4.90 Å². The second-order valence-corrected chi connectivity index (χ2v) is 6.39. The Morgan fingerprint density at radius 1 is 0.667 bits per heavy atom. The van der Waals surface area contributed by atoms with E-state index in [4.69, 9.17) is 0 Å². The van der Waals surface area contributed by atoms with Crippen LogP contribution in [-0.2, 0) is 14.4 Å². The summed E-state index contributed by atoms with van der Waals surface area (Å²) in [6, 6.07) is 0. The monoisotopic (exact) mass is 333 g/mol. The van der Waals surface area contributed by atoms with E-state index in [-0.39, 0.29) is 17.5 Å². The normalized spacial score (nSPS) is 10.1. The van der Waals surface area contributed by atoms with Crippen LogP contribution >= 0.6 is 0 Å². The van der Waals surface area contributed by atoms with Crippen molar-refractivity contribution in [3.63, 3.8) is 0 Å². The van der Waals surface area contributed by atoms with Crippen LogP contribution in [0.1, 0.15) is 59.3 Å². The van der Waals surface area contributed by atoms with Gasteiger partial charge in [-0.2, -0.15) is 0 Å². The number of ketones is 2. The molecule has 0 unspecified atom stereocenters. The van der Waals surface area contributed by atoms with Crippen LogP contribution in [-0.4, -0.2) is 35.5 Å². The van der Waals surface area contributed by atoms with Crippen molar-refractivity contribution >= 4 is 17.5 Å². The summed E-state index contributed by atoms with van der Waals surface area (Å²) in [5.74, 6) is 0.0876. The molecule has 0 aliphatic rings. The molecule has 0 saturated carbocycles. The van der Waals surface area contributed by atoms with Gasteiger partial charge in [-0.25, -0.2) is 0 Å². The van der Waals surface area contributed by atoms with E-state index >= 15 is 0 Å². The molecule has 0 spiro atoms. The quantitative estimate of drug-likeness (QED) is 0.378. The Balaban J connectivity index is 4.29. The number of rotatable bonds is 13. The van der Waals surface area contributed by atoms with Gasteiger partial charge < -0.3 is 4.90 Å². The van der Waals surface area contributed by atoms with Gasteiger partial charge in [-0.3, -0.25) is 14.4 Å². The third-order valence-electron chi connectivity index (χ3n) is 3.77. The number of nitrogens with zero attached hydrogens (tertiary/aromatic N) is 1. The Hall–Kier alpha value is -1.97. The van der Waals surface area contributed by atoms with Crippen LogP contribution in [0.3, 0.4) is 0 Å². The lowest BCUT2D eigenvalue weighted by Crippen LogP contribution is -2.33. The summed E-state index contributed by atoms with van der Waals surface area (Å²) in [5.41, 5.74) is 1.66. The Labute approximate surface area is 146 Å². The van der Waals surface area contributed by atoms with Crippen LogP contribution in [0.4, 0.5) is 0 Å². The van der Waals surface area contributed by atoms with Crippen molar-refractivity contribution in [3.05, 3.63) is 36.5 Å². The highest BCUT2D eigenvalue weighted by molar-refractivity contribution is 5.94. The average Bonchev–Trinajstić information content (AvgIpc) is 2.51. The van der Waals surface area contributed by atoms with Crippen molar-refractivity contribution in [2.75, 3.05) is 13.1 Å². The third-order valence-corrected chi connectivity index (χ3v) is 3.77. The molecule has 0 N–H and O–H groups in total. The van der Waals surface area contributed by atoms with Crippen molar-refractivity contribution in [1.29, 1.82) is 0 Å². The standard InChI is InChI=1S/C20H31NO3/c1-15(2)18(22)11-7-9-13-21(20(24)17(5)6)14-10-8-12-19(23)16(3)4/h1,3,5,7-14H2,2,4,6H3. The van der Waals surface area contributed by atoms with Crippen molar-refractivity contribution < 1.29 is 14.4 Å². The van der Waals surface area contributed by atoms with Crippen LogP contribution < -0.4 is 0 Å². The number of carbonyl (C=O) groups is 3. The minimum Gasteiger partial charge on any atom is -0.339 e. The van der Waals surface area contributed by atoms with Crippen LogP contribution in [0.5, 0.6) is 0 Å². The first-order chi connectivity index (χ1) is 11.2. The molecule has 0 aliphatic carbocycles. The molecule has 0 atom stereocenters. The van der Waals surface area contributed by atoms with E-state index < -0.39 is 0 Å². The fourth-order valence-electron chi connectivity index (χ4n) is 2.19. The van der Waals surface area contributed by atoms with E-state index in [1.165, 1.54) is 0 Å². The van der Waals surface area contributed by atoms with Gasteiger partial charge in [-0.05, 0) is 57.6 Å². The van der Waals surface area contributed by atoms with Crippen LogP contribution in [0.2, 0.25) is 0 Å². The summed E-state index contributed by atoms with van der Waals surface area (Å²) in [7, 11) is 0. The maximum Gasteiger partial charge on any atom is 0.248 e. The Bertz CT molecular complexity index is 483. The zero-order valence-electron chi connectivity index (χ0n) is 15.5. The molecule has 0 aliphatic heterocycles. The summed E-state index contributed by atoms with van der Waals surface area (Å²) in [4.78, 5) is 37.0. The fraction of sp³-hybridized carbons (Fsp3) is 0.550. The lowest BCUT2D eigenvalue weighted by Gasteiger charge is -2.23. The minimum atomic E-state index is -0.0625. The van der Waals surface area contributed by atoms with Crippen molar-refractivity contribution in [2.24, 2.45) is 0 Å². The summed E-state index contributed by atoms with van der Waals surface area (Å²) in [6.07, 6.45) is 3.94. The topological polar surface area (TPSA) is 54.5 Å². The lowest BCUT2D eigenvalue weighted by atomic mass is 10.1. The summed E-state index contributed by atoms with van der Waals surface area (Å²) >= 11 is 0. The average molecular weight is 333 g/mol. The van der Waals surface area contributed by atoms with E-state index in [9.17, 15) is 14.4 Å². The number of Topliss-reactive ketones (excluding diaryl/α,β-unsaturated/α-hetero) is 2. The van der Waals surface area contributed by atoms with Gasteiger partial charge in [0.05, 0.1) is 0 Å². The molecule has 0 rings (SSSR count). The summed E-state index contributed by atoms with van der Waals surface area (Å²) < 4.78 is 0. The van der Waals surface area contributed by atoms with E-state index in [1.807, 2.05) is 0 Å². The summed E-state index contributed by atoms with van der Waals surface area (Å²) in [6.45, 7) is 17.3. The van der Waals surface area contributed by atoms with Gasteiger partial charge in [0.25, 0.3) is 0 Å². The van der Waals surface area contributed by atoms with Gasteiger partial charge in [0, 0.05) is 31.5 Å². The molecule has 0 fully saturated rings. The number of unbranched alkanes of at least 4 members (excludes halogenated alkanes) is 2. The first-order valence-electron chi connectivity index (χ1n) is 8.49. The molecule has 1 amide bonds. The molecule has 134 valence electrons. The van der Waals surface area contributed by atoms with Crippen molar-refractivity contribution in [2.45, 2.75) is 59.3 Å². The van der Waals surface area contributed by atoms with E-state index in [0.29, 0.717) is 42.7 Å². The highest BCUT2D eigenvalue weighted by atomic mass is 16.2. The zero-order valence-corrected chi connectivity index (χ0v) is 15.5. The highest BCUT2D eigenvalue weighted by Crippen LogP contribution is 2.09. The molecule has 0 bridgehead atoms. The predicted octanol–water partition coefficient (Wildman–Crippen LogP) is 4.02. The van der Waals surface area contributed by atoms with Crippen LogP contribution in [0.15, 0.2) is 36.5 Å². The first kappa shape index (κ1) is 22.0. The summed E-state index contributed by atoms with van der Waals surface area (Å²) in [5, 5.41) is 0. The lowest BCUT2D eigenvalue weighted by molar-refractivity contribution is -0.127. The minimum absolute atomic E-state index is 0.0625. The molecule has 24 heavy (non-hydrogen) atoms.